The smallest absolute Gasteiger partial charge is 0.277 e. The minimum Gasteiger partial charge on any atom is -0.504 e. The molecular weight excluding hydrogens is 406 g/mol. The van der Waals surface area contributed by atoms with Crippen LogP contribution in [0.3, 0.4) is 0 Å². The molecule has 3 aromatic carbocycles. The van der Waals surface area contributed by atoms with Crippen LogP contribution in [0.5, 0.6) is 17.2 Å². The lowest BCUT2D eigenvalue weighted by atomic mass is 9.95. The van der Waals surface area contributed by atoms with Gasteiger partial charge in [-0.3, -0.25) is 14.8 Å². The molecule has 2 heterocycles. The Kier molecular flexibility index (Phi) is 4.78. The number of H-pyrrole nitrogens is 1. The number of phenolic OH excluding ortho intramolecular Hbond substituents is 1. The Labute approximate surface area is 184 Å². The van der Waals surface area contributed by atoms with E-state index in [4.69, 9.17) is 9.47 Å². The van der Waals surface area contributed by atoms with E-state index in [2.05, 4.69) is 10.2 Å². The van der Waals surface area contributed by atoms with Crippen LogP contribution in [-0.2, 0) is 0 Å². The topological polar surface area (TPSA) is 87.7 Å². The predicted octanol–water partition coefficient (Wildman–Crippen LogP) is 4.55. The van der Waals surface area contributed by atoms with Crippen molar-refractivity contribution in [2.45, 2.75) is 6.04 Å². The summed E-state index contributed by atoms with van der Waals surface area (Å²) in [5.74, 6) is 0.895. The number of aromatic hydroxyl groups is 1. The molecule has 0 spiro atoms. The molecule has 7 heteroatoms. The van der Waals surface area contributed by atoms with E-state index >= 15 is 0 Å². The maximum atomic E-state index is 13.5. The maximum Gasteiger partial charge on any atom is 0.277 e. The quantitative estimate of drug-likeness (QED) is 0.488. The van der Waals surface area contributed by atoms with Crippen LogP contribution < -0.4 is 14.4 Å². The van der Waals surface area contributed by atoms with Gasteiger partial charge in [-0.05, 0) is 42.0 Å². The van der Waals surface area contributed by atoms with Gasteiger partial charge in [0.1, 0.15) is 11.4 Å². The summed E-state index contributed by atoms with van der Waals surface area (Å²) in [7, 11) is 3.11. The van der Waals surface area contributed by atoms with Gasteiger partial charge in [-0.25, -0.2) is 0 Å². The van der Waals surface area contributed by atoms with E-state index in [9.17, 15) is 9.90 Å². The Bertz CT molecular complexity index is 1300. The first-order chi connectivity index (χ1) is 15.6. The molecule has 0 saturated carbocycles. The van der Waals surface area contributed by atoms with Crippen molar-refractivity contribution in [2.75, 3.05) is 19.1 Å². The van der Waals surface area contributed by atoms with E-state index in [1.165, 1.54) is 7.11 Å². The van der Waals surface area contributed by atoms with E-state index in [1.807, 2.05) is 54.6 Å². The van der Waals surface area contributed by atoms with E-state index < -0.39 is 6.04 Å². The number of carbonyl (C=O) groups excluding carboxylic acids is 1. The number of methoxy groups -OCH3 is 2. The SMILES string of the molecule is COc1cccc(-c2n[nH]c3c2[C@@H](c2ccc(O)c(OC)c2)N(c2ccccc2)C3=O)c1. The normalized spacial score (nSPS) is 15.0. The molecule has 0 unspecified atom stereocenters. The Morgan fingerprint density at radius 1 is 0.969 bits per heavy atom. The number of aromatic amines is 1. The van der Waals surface area contributed by atoms with Gasteiger partial charge in [-0.15, -0.1) is 0 Å². The lowest BCUT2D eigenvalue weighted by molar-refractivity contribution is 0.0988. The third-order valence-corrected chi connectivity index (χ3v) is 5.67. The third-order valence-electron chi connectivity index (χ3n) is 5.67. The number of fused-ring (bicyclic) bond motifs is 1. The number of anilines is 1. The van der Waals surface area contributed by atoms with Crippen molar-refractivity contribution in [3.05, 3.63) is 89.6 Å². The molecule has 7 nitrogen and oxygen atoms in total. The Morgan fingerprint density at radius 2 is 1.78 bits per heavy atom. The van der Waals surface area contributed by atoms with Gasteiger partial charge < -0.3 is 14.6 Å². The largest absolute Gasteiger partial charge is 0.504 e. The second-order valence-electron chi connectivity index (χ2n) is 7.44. The highest BCUT2D eigenvalue weighted by atomic mass is 16.5. The zero-order valence-electron chi connectivity index (χ0n) is 17.6. The first-order valence-corrected chi connectivity index (χ1v) is 10.1. The van der Waals surface area contributed by atoms with E-state index in [0.717, 1.165) is 22.4 Å². The second-order valence-corrected chi connectivity index (χ2v) is 7.44. The lowest BCUT2D eigenvalue weighted by Crippen LogP contribution is -2.29. The van der Waals surface area contributed by atoms with Crippen LogP contribution in [-0.4, -0.2) is 35.4 Å². The number of phenols is 1. The summed E-state index contributed by atoms with van der Waals surface area (Å²) in [5.41, 5.74) is 4.25. The molecule has 0 bridgehead atoms. The molecule has 5 rings (SSSR count). The molecule has 0 radical (unpaired) electrons. The number of rotatable bonds is 5. The first kappa shape index (κ1) is 19.7. The average molecular weight is 427 g/mol. The van der Waals surface area contributed by atoms with Crippen LogP contribution in [0.25, 0.3) is 11.3 Å². The average Bonchev–Trinajstić information content (AvgIpc) is 3.39. The molecule has 2 N–H and O–H groups in total. The fourth-order valence-corrected chi connectivity index (χ4v) is 4.17. The highest BCUT2D eigenvalue weighted by molar-refractivity contribution is 6.11. The van der Waals surface area contributed by atoms with Crippen LogP contribution in [0.1, 0.15) is 27.7 Å². The van der Waals surface area contributed by atoms with Crippen LogP contribution in [0.15, 0.2) is 72.8 Å². The summed E-state index contributed by atoms with van der Waals surface area (Å²) in [6.07, 6.45) is 0. The van der Waals surface area contributed by atoms with Gasteiger partial charge in [0.05, 0.1) is 26.0 Å². The summed E-state index contributed by atoms with van der Waals surface area (Å²) in [6, 6.07) is 21.7. The van der Waals surface area contributed by atoms with E-state index in [-0.39, 0.29) is 11.7 Å². The van der Waals surface area contributed by atoms with Crippen molar-refractivity contribution >= 4 is 11.6 Å². The number of nitrogens with one attached hydrogen (secondary N) is 1. The molecule has 1 atom stereocenters. The first-order valence-electron chi connectivity index (χ1n) is 10.1. The predicted molar refractivity (Wildman–Crippen MR) is 120 cm³/mol. The number of ether oxygens (including phenoxy) is 2. The number of carbonyl (C=O) groups is 1. The van der Waals surface area contributed by atoms with Crippen LogP contribution >= 0.6 is 0 Å². The molecule has 32 heavy (non-hydrogen) atoms. The zero-order valence-corrected chi connectivity index (χ0v) is 17.6. The Hall–Kier alpha value is -4.26. The molecule has 1 aliphatic rings. The number of benzene rings is 3. The minimum absolute atomic E-state index is 0.0345. The van der Waals surface area contributed by atoms with Gasteiger partial charge in [-0.1, -0.05) is 36.4 Å². The Balaban J connectivity index is 1.73. The van der Waals surface area contributed by atoms with Crippen molar-refractivity contribution in [2.24, 2.45) is 0 Å². The standard InChI is InChI=1S/C25H21N3O4/c1-31-18-10-6-7-15(13-18)22-21-23(27-26-22)25(30)28(17-8-4-3-5-9-17)24(21)16-11-12-19(29)20(14-16)32-2/h3-14,24,29H,1-2H3,(H,26,27)/t24-/m1/s1. The van der Waals surface area contributed by atoms with Crippen LogP contribution in [0.4, 0.5) is 5.69 Å². The number of hydrogen-bond donors (Lipinski definition) is 2. The van der Waals surface area contributed by atoms with Gasteiger partial charge in [0.2, 0.25) is 0 Å². The monoisotopic (exact) mass is 427 g/mol. The summed E-state index contributed by atoms with van der Waals surface area (Å²) in [6.45, 7) is 0. The van der Waals surface area contributed by atoms with Crippen molar-refractivity contribution in [1.82, 2.24) is 10.2 Å². The highest BCUT2D eigenvalue weighted by Crippen LogP contribution is 2.46. The van der Waals surface area contributed by atoms with Crippen molar-refractivity contribution < 1.29 is 19.4 Å². The maximum absolute atomic E-state index is 13.5. The van der Waals surface area contributed by atoms with Crippen molar-refractivity contribution in [3.8, 4) is 28.5 Å². The van der Waals surface area contributed by atoms with Crippen molar-refractivity contribution in [1.29, 1.82) is 0 Å². The van der Waals surface area contributed by atoms with Gasteiger partial charge in [0, 0.05) is 16.8 Å². The molecule has 4 aromatic rings. The van der Waals surface area contributed by atoms with Gasteiger partial charge in [0.15, 0.2) is 11.5 Å². The number of amides is 1. The number of hydrogen-bond acceptors (Lipinski definition) is 5. The fraction of sp³-hybridized carbons (Fsp3) is 0.120. The van der Waals surface area contributed by atoms with Crippen LogP contribution in [0, 0.1) is 0 Å². The summed E-state index contributed by atoms with van der Waals surface area (Å²) < 4.78 is 10.7. The third kappa shape index (κ3) is 3.06. The molecule has 160 valence electrons. The fourth-order valence-electron chi connectivity index (χ4n) is 4.17. The van der Waals surface area contributed by atoms with Gasteiger partial charge in [0.25, 0.3) is 5.91 Å². The number of para-hydroxylation sites is 1. The molecule has 0 aliphatic carbocycles. The van der Waals surface area contributed by atoms with E-state index in [0.29, 0.717) is 22.9 Å². The van der Waals surface area contributed by atoms with Crippen molar-refractivity contribution in [3.63, 3.8) is 0 Å². The molecule has 0 fully saturated rings. The van der Waals surface area contributed by atoms with Gasteiger partial charge in [-0.2, -0.15) is 5.10 Å². The zero-order chi connectivity index (χ0) is 22.2. The van der Waals surface area contributed by atoms with Crippen LogP contribution in [0.2, 0.25) is 0 Å². The number of aromatic nitrogens is 2. The van der Waals surface area contributed by atoms with E-state index in [1.54, 1.807) is 30.2 Å². The second kappa shape index (κ2) is 7.77. The van der Waals surface area contributed by atoms with Gasteiger partial charge >= 0.3 is 0 Å². The summed E-state index contributed by atoms with van der Waals surface area (Å²) in [5, 5.41) is 17.6. The highest BCUT2D eigenvalue weighted by Gasteiger charge is 2.43. The molecule has 0 saturated heterocycles. The molecule has 1 amide bonds. The summed E-state index contributed by atoms with van der Waals surface area (Å²) >= 11 is 0. The molecule has 1 aromatic heterocycles. The number of nitrogens with zero attached hydrogens (tertiary/aromatic N) is 2. The minimum atomic E-state index is -0.464. The summed E-state index contributed by atoms with van der Waals surface area (Å²) in [4.78, 5) is 15.3. The lowest BCUT2D eigenvalue weighted by Gasteiger charge is -2.27. The molecule has 1 aliphatic heterocycles. The molecular formula is C25H21N3O4. The Morgan fingerprint density at radius 3 is 2.53 bits per heavy atom.